The molecule has 3 aliphatic rings. The van der Waals surface area contributed by atoms with E-state index in [1.54, 1.807) is 0 Å². The Bertz CT molecular complexity index is 641. The molecule has 0 fully saturated rings. The molecule has 0 heterocycles. The Labute approximate surface area is 93.8 Å². The molecule has 0 N–H and O–H groups in total. The second-order valence-corrected chi connectivity index (χ2v) is 4.61. The third-order valence-corrected chi connectivity index (χ3v) is 3.83. The minimum atomic E-state index is 0.231. The van der Waals surface area contributed by atoms with Gasteiger partial charge in [0.15, 0.2) is 5.78 Å². The van der Waals surface area contributed by atoms with Gasteiger partial charge < -0.3 is 0 Å². The Hall–Kier alpha value is -1.89. The molecular weight excluding hydrogens is 196 g/mol. The highest BCUT2D eigenvalue weighted by Crippen LogP contribution is 2.54. The number of rotatable bonds is 0. The maximum atomic E-state index is 12.3. The number of fused-ring (bicyclic) bond motifs is 4. The molecule has 1 atom stereocenters. The van der Waals surface area contributed by atoms with E-state index in [4.69, 9.17) is 0 Å². The molecular formula is C15H10O. The third-order valence-electron chi connectivity index (χ3n) is 3.83. The molecule has 4 rings (SSSR count). The summed E-state index contributed by atoms with van der Waals surface area (Å²) < 4.78 is 0. The molecule has 0 saturated heterocycles. The highest BCUT2D eigenvalue weighted by molar-refractivity contribution is 6.24. The summed E-state index contributed by atoms with van der Waals surface area (Å²) in [5, 5.41) is 0. The number of Topliss-reactive ketones (excluding diaryl/α,β-unsaturated/α-hetero) is 1. The van der Waals surface area contributed by atoms with Crippen molar-refractivity contribution in [3.05, 3.63) is 64.3 Å². The molecule has 1 nitrogen and oxygen atoms in total. The monoisotopic (exact) mass is 206 g/mol. The number of allylic oxidation sites excluding steroid dienone is 6. The first-order valence-electron chi connectivity index (χ1n) is 5.56. The summed E-state index contributed by atoms with van der Waals surface area (Å²) in [6.45, 7) is 2.12. The van der Waals surface area contributed by atoms with Crippen LogP contribution in [0.4, 0.5) is 0 Å². The highest BCUT2D eigenvalue weighted by Gasteiger charge is 2.44. The van der Waals surface area contributed by atoms with Crippen LogP contribution in [0.15, 0.2) is 53.1 Å². The van der Waals surface area contributed by atoms with E-state index >= 15 is 0 Å². The van der Waals surface area contributed by atoms with Crippen LogP contribution in [-0.2, 0) is 0 Å². The lowest BCUT2D eigenvalue weighted by molar-refractivity contribution is 0.103. The van der Waals surface area contributed by atoms with Gasteiger partial charge in [-0.15, -0.1) is 0 Å². The number of carbonyl (C=O) groups excluding carboxylic acids is 1. The van der Waals surface area contributed by atoms with Crippen LogP contribution in [0.2, 0.25) is 0 Å². The zero-order valence-electron chi connectivity index (χ0n) is 8.95. The van der Waals surface area contributed by atoms with Gasteiger partial charge in [0.2, 0.25) is 0 Å². The van der Waals surface area contributed by atoms with Crippen LogP contribution in [0.5, 0.6) is 0 Å². The largest absolute Gasteiger partial charge is 0.289 e. The summed E-state index contributed by atoms with van der Waals surface area (Å²) in [6, 6.07) is 7.91. The summed E-state index contributed by atoms with van der Waals surface area (Å²) in [5.41, 5.74) is 6.85. The predicted octanol–water partition coefficient (Wildman–Crippen LogP) is 3.15. The number of hydrogen-bond acceptors (Lipinski definition) is 1. The number of benzene rings is 1. The van der Waals surface area contributed by atoms with E-state index in [2.05, 4.69) is 19.1 Å². The molecule has 16 heavy (non-hydrogen) atoms. The predicted molar refractivity (Wildman–Crippen MR) is 63.0 cm³/mol. The van der Waals surface area contributed by atoms with Crippen molar-refractivity contribution in [1.29, 1.82) is 0 Å². The lowest BCUT2D eigenvalue weighted by atomic mass is 9.95. The normalized spacial score (nSPS) is 24.6. The van der Waals surface area contributed by atoms with Gasteiger partial charge in [0, 0.05) is 17.1 Å². The van der Waals surface area contributed by atoms with Gasteiger partial charge in [-0.2, -0.15) is 0 Å². The van der Waals surface area contributed by atoms with E-state index in [0.29, 0.717) is 5.92 Å². The summed E-state index contributed by atoms with van der Waals surface area (Å²) >= 11 is 0. The summed E-state index contributed by atoms with van der Waals surface area (Å²) in [4.78, 5) is 12.3. The lowest BCUT2D eigenvalue weighted by Gasteiger charge is -2.06. The molecule has 0 bridgehead atoms. The zero-order valence-corrected chi connectivity index (χ0v) is 8.95. The molecule has 0 aromatic heterocycles. The standard InChI is InChI=1S/C15H10O/c1-8-9-6-7-11-10-4-2-3-5-12(10)15(16)14(11)13(8)9/h2-7,13H,1H3. The van der Waals surface area contributed by atoms with Crippen LogP contribution >= 0.6 is 0 Å². The summed E-state index contributed by atoms with van der Waals surface area (Å²) in [6.07, 6.45) is 4.26. The van der Waals surface area contributed by atoms with Crippen molar-refractivity contribution in [3.63, 3.8) is 0 Å². The Balaban J connectivity index is 1.99. The third kappa shape index (κ3) is 0.768. The molecule has 1 aromatic rings. The van der Waals surface area contributed by atoms with Gasteiger partial charge in [-0.3, -0.25) is 4.79 Å². The number of carbonyl (C=O) groups is 1. The van der Waals surface area contributed by atoms with E-state index in [0.717, 1.165) is 22.3 Å². The van der Waals surface area contributed by atoms with E-state index in [9.17, 15) is 4.79 Å². The molecule has 1 aromatic carbocycles. The molecule has 0 amide bonds. The fourth-order valence-electron chi connectivity index (χ4n) is 2.92. The first-order chi connectivity index (χ1) is 7.79. The van der Waals surface area contributed by atoms with Crippen molar-refractivity contribution in [2.24, 2.45) is 5.92 Å². The minimum absolute atomic E-state index is 0.231. The molecule has 1 heteroatoms. The smallest absolute Gasteiger partial charge is 0.191 e. The number of ketones is 1. The second kappa shape index (κ2) is 2.43. The summed E-state index contributed by atoms with van der Waals surface area (Å²) in [5.74, 6) is 0.564. The van der Waals surface area contributed by atoms with E-state index in [-0.39, 0.29) is 5.78 Å². The van der Waals surface area contributed by atoms with Crippen molar-refractivity contribution in [3.8, 4) is 0 Å². The Morgan fingerprint density at radius 2 is 1.81 bits per heavy atom. The van der Waals surface area contributed by atoms with Gasteiger partial charge in [-0.05, 0) is 23.6 Å². The first kappa shape index (κ1) is 8.28. The van der Waals surface area contributed by atoms with Crippen LogP contribution in [0.25, 0.3) is 5.57 Å². The average molecular weight is 206 g/mol. The maximum absolute atomic E-state index is 12.3. The van der Waals surface area contributed by atoms with Crippen molar-refractivity contribution >= 4 is 11.4 Å². The maximum Gasteiger partial charge on any atom is 0.191 e. The van der Waals surface area contributed by atoms with Gasteiger partial charge in [-0.25, -0.2) is 0 Å². The van der Waals surface area contributed by atoms with Crippen LogP contribution in [-0.4, -0.2) is 5.78 Å². The van der Waals surface area contributed by atoms with Gasteiger partial charge >= 0.3 is 0 Å². The van der Waals surface area contributed by atoms with Crippen molar-refractivity contribution < 1.29 is 4.79 Å². The van der Waals surface area contributed by atoms with Crippen molar-refractivity contribution in [2.45, 2.75) is 6.92 Å². The van der Waals surface area contributed by atoms with Gasteiger partial charge in [0.1, 0.15) is 0 Å². The fourth-order valence-corrected chi connectivity index (χ4v) is 2.92. The minimum Gasteiger partial charge on any atom is -0.289 e. The van der Waals surface area contributed by atoms with Crippen LogP contribution in [0.1, 0.15) is 22.8 Å². The van der Waals surface area contributed by atoms with Crippen molar-refractivity contribution in [2.75, 3.05) is 0 Å². The average Bonchev–Trinajstić information content (AvgIpc) is 2.89. The summed E-state index contributed by atoms with van der Waals surface area (Å²) in [7, 11) is 0. The van der Waals surface area contributed by atoms with Gasteiger partial charge in [-0.1, -0.05) is 42.0 Å². The molecule has 0 radical (unpaired) electrons. The van der Waals surface area contributed by atoms with Gasteiger partial charge in [0.05, 0.1) is 0 Å². The second-order valence-electron chi connectivity index (χ2n) is 4.61. The molecule has 3 aliphatic carbocycles. The SMILES string of the molecule is CC1=C2C=CC3=C(C(=O)c4ccccc43)C12. The molecule has 0 aliphatic heterocycles. The quantitative estimate of drug-likeness (QED) is 0.637. The topological polar surface area (TPSA) is 17.1 Å². The van der Waals surface area contributed by atoms with Gasteiger partial charge in [0.25, 0.3) is 0 Å². The van der Waals surface area contributed by atoms with E-state index < -0.39 is 0 Å². The van der Waals surface area contributed by atoms with Crippen LogP contribution in [0.3, 0.4) is 0 Å². The van der Waals surface area contributed by atoms with E-state index in [1.807, 2.05) is 24.3 Å². The zero-order chi connectivity index (χ0) is 10.9. The number of hydrogen-bond donors (Lipinski definition) is 0. The molecule has 76 valence electrons. The van der Waals surface area contributed by atoms with Crippen molar-refractivity contribution in [1.82, 2.24) is 0 Å². The molecule has 0 spiro atoms. The lowest BCUT2D eigenvalue weighted by Crippen LogP contribution is -2.03. The van der Waals surface area contributed by atoms with E-state index in [1.165, 1.54) is 11.1 Å². The molecule has 0 saturated carbocycles. The molecule has 1 unspecified atom stereocenters. The Morgan fingerprint density at radius 3 is 2.62 bits per heavy atom. The van der Waals surface area contributed by atoms with Crippen LogP contribution < -0.4 is 0 Å². The Kier molecular flexibility index (Phi) is 1.26. The van der Waals surface area contributed by atoms with Crippen LogP contribution in [0, 0.1) is 5.92 Å². The Morgan fingerprint density at radius 1 is 1.06 bits per heavy atom. The fraction of sp³-hybridized carbons (Fsp3) is 0.133. The first-order valence-corrected chi connectivity index (χ1v) is 5.56. The highest BCUT2D eigenvalue weighted by atomic mass is 16.1.